The Hall–Kier alpha value is -1.37. The molecule has 0 bridgehead atoms. The molecule has 0 aliphatic carbocycles. The molecule has 1 amide bonds. The zero-order chi connectivity index (χ0) is 20.1. The predicted molar refractivity (Wildman–Crippen MR) is 106 cm³/mol. The fraction of sp³-hybridized carbons (Fsp3) is 0.706. The zero-order valence-electron chi connectivity index (χ0n) is 16.7. The Labute approximate surface area is 165 Å². The maximum Gasteiger partial charge on any atom is 0.410 e. The highest BCUT2D eigenvalue weighted by atomic mass is 79.9. The van der Waals surface area contributed by atoms with Crippen LogP contribution in [0, 0.1) is 11.3 Å². The summed E-state index contributed by atoms with van der Waals surface area (Å²) in [6.07, 6.45) is -0.441. The van der Waals surface area contributed by atoms with Crippen LogP contribution in [0.3, 0.4) is 0 Å². The van der Waals surface area contributed by atoms with Crippen LogP contribution in [0.4, 0.5) is 4.79 Å². The number of rotatable bonds is 7. The smallest absolute Gasteiger partial charge is 0.410 e. The van der Waals surface area contributed by atoms with Gasteiger partial charge < -0.3 is 14.4 Å². The van der Waals surface area contributed by atoms with Gasteiger partial charge >= 0.3 is 6.09 Å². The molecule has 0 aliphatic rings. The number of carbonyl (C=O) groups is 1. The summed E-state index contributed by atoms with van der Waals surface area (Å²) in [6.45, 7) is 13.4. The lowest BCUT2D eigenvalue weighted by atomic mass is 10.2. The van der Waals surface area contributed by atoms with Crippen molar-refractivity contribution in [2.24, 2.45) is 0 Å². The predicted octanol–water partition coefficient (Wildman–Crippen LogP) is 4.20. The number of hydrogen-bond donors (Lipinski definition) is 0. The molecular weight excluding hydrogens is 416 g/mol. The molecule has 1 aromatic heterocycles. The molecule has 0 saturated heterocycles. The summed E-state index contributed by atoms with van der Waals surface area (Å²) in [5.41, 5.74) is 0.401. The summed E-state index contributed by atoms with van der Waals surface area (Å²) >= 11 is 3.41. The van der Waals surface area contributed by atoms with Crippen LogP contribution < -0.4 is 0 Å². The average Bonchev–Trinajstić information content (AvgIpc) is 2.76. The molecule has 0 aromatic carbocycles. The number of aromatic nitrogens is 2. The zero-order valence-corrected chi connectivity index (χ0v) is 19.3. The highest BCUT2D eigenvalue weighted by Crippen LogP contribution is 2.23. The van der Waals surface area contributed by atoms with Crippen molar-refractivity contribution in [1.82, 2.24) is 14.7 Å². The van der Waals surface area contributed by atoms with Gasteiger partial charge in [0.25, 0.3) is 0 Å². The minimum atomic E-state index is -1.16. The summed E-state index contributed by atoms with van der Waals surface area (Å²) in [5, 5.41) is 13.8. The Morgan fingerprint density at radius 2 is 2.00 bits per heavy atom. The van der Waals surface area contributed by atoms with Crippen LogP contribution in [0.15, 0.2) is 4.47 Å². The van der Waals surface area contributed by atoms with Crippen LogP contribution in [0.1, 0.15) is 32.2 Å². The van der Waals surface area contributed by atoms with E-state index in [0.29, 0.717) is 22.5 Å². The van der Waals surface area contributed by atoms with E-state index in [1.54, 1.807) is 7.05 Å². The molecule has 1 rings (SSSR count). The molecule has 0 unspecified atom stereocenters. The molecule has 0 radical (unpaired) electrons. The van der Waals surface area contributed by atoms with Gasteiger partial charge in [-0.2, -0.15) is 10.4 Å². The largest absolute Gasteiger partial charge is 0.444 e. The minimum Gasteiger partial charge on any atom is -0.444 e. The number of ether oxygens (including phenoxy) is 2. The molecule has 0 fully saturated rings. The number of nitrogens with zero attached hydrogens (tertiary/aromatic N) is 4. The molecule has 1 heterocycles. The third kappa shape index (κ3) is 7.48. The SMILES string of the molecule is CN(Cc1nn(COCC[Si](C)(C)C)c(C#N)c1Br)C(=O)OC(C)(C)C. The number of carbonyl (C=O) groups excluding carboxylic acids is 1. The summed E-state index contributed by atoms with van der Waals surface area (Å²) in [6, 6.07) is 3.18. The van der Waals surface area contributed by atoms with E-state index in [1.807, 2.05) is 20.8 Å². The summed E-state index contributed by atoms with van der Waals surface area (Å²) in [4.78, 5) is 13.5. The van der Waals surface area contributed by atoms with Gasteiger partial charge in [-0.1, -0.05) is 19.6 Å². The summed E-state index contributed by atoms with van der Waals surface area (Å²) < 4.78 is 13.1. The quantitative estimate of drug-likeness (QED) is 0.464. The summed E-state index contributed by atoms with van der Waals surface area (Å²) in [7, 11) is 0.471. The molecule has 1 aromatic rings. The van der Waals surface area contributed by atoms with Crippen LogP contribution in [0.25, 0.3) is 0 Å². The Bertz CT molecular complexity index is 671. The van der Waals surface area contributed by atoms with Gasteiger partial charge in [-0.3, -0.25) is 0 Å². The van der Waals surface area contributed by atoms with Crippen molar-refractivity contribution in [1.29, 1.82) is 5.26 Å². The van der Waals surface area contributed by atoms with Crippen molar-refractivity contribution in [2.45, 2.75) is 65.3 Å². The molecule has 26 heavy (non-hydrogen) atoms. The van der Waals surface area contributed by atoms with E-state index in [9.17, 15) is 10.1 Å². The minimum absolute atomic E-state index is 0.210. The molecule has 9 heteroatoms. The molecule has 0 saturated carbocycles. The fourth-order valence-electron chi connectivity index (χ4n) is 1.95. The van der Waals surface area contributed by atoms with E-state index < -0.39 is 19.8 Å². The lowest BCUT2D eigenvalue weighted by molar-refractivity contribution is 0.0281. The van der Waals surface area contributed by atoms with Crippen LogP contribution in [-0.4, -0.2) is 48.1 Å². The third-order valence-corrected chi connectivity index (χ3v) is 5.91. The molecule has 0 spiro atoms. The molecule has 146 valence electrons. The van der Waals surface area contributed by atoms with Crippen LogP contribution in [0.5, 0.6) is 0 Å². The topological polar surface area (TPSA) is 80.4 Å². The fourth-order valence-corrected chi connectivity index (χ4v) is 3.20. The number of amides is 1. The van der Waals surface area contributed by atoms with Crippen molar-refractivity contribution >= 4 is 30.1 Å². The lowest BCUT2D eigenvalue weighted by Crippen LogP contribution is -2.34. The van der Waals surface area contributed by atoms with E-state index in [1.165, 1.54) is 9.58 Å². The van der Waals surface area contributed by atoms with Crippen molar-refractivity contribution in [3.05, 3.63) is 15.9 Å². The first-order chi connectivity index (χ1) is 11.8. The van der Waals surface area contributed by atoms with E-state index in [4.69, 9.17) is 9.47 Å². The van der Waals surface area contributed by atoms with Crippen LogP contribution in [-0.2, 0) is 22.7 Å². The highest BCUT2D eigenvalue weighted by molar-refractivity contribution is 9.10. The molecule has 0 N–H and O–H groups in total. The van der Waals surface area contributed by atoms with Gasteiger partial charge in [0.2, 0.25) is 0 Å². The van der Waals surface area contributed by atoms with Crippen LogP contribution >= 0.6 is 15.9 Å². The Balaban J connectivity index is 2.77. The van der Waals surface area contributed by atoms with Crippen LogP contribution in [0.2, 0.25) is 25.7 Å². The van der Waals surface area contributed by atoms with Crippen molar-refractivity contribution in [3.8, 4) is 6.07 Å². The third-order valence-electron chi connectivity index (χ3n) is 3.37. The molecule has 0 aliphatic heterocycles. The van der Waals surface area contributed by atoms with E-state index in [-0.39, 0.29) is 13.3 Å². The molecular formula is C17H29BrN4O3Si. The monoisotopic (exact) mass is 444 g/mol. The van der Waals surface area contributed by atoms with Gasteiger partial charge in [0.1, 0.15) is 18.4 Å². The molecule has 0 atom stereocenters. The van der Waals surface area contributed by atoms with Gasteiger partial charge in [-0.15, -0.1) is 0 Å². The number of nitriles is 1. The first-order valence-electron chi connectivity index (χ1n) is 8.51. The van der Waals surface area contributed by atoms with E-state index in [2.05, 4.69) is 46.7 Å². The second kappa shape index (κ2) is 9.02. The second-order valence-corrected chi connectivity index (χ2v) is 14.8. The van der Waals surface area contributed by atoms with E-state index >= 15 is 0 Å². The van der Waals surface area contributed by atoms with Gasteiger partial charge in [0.15, 0.2) is 5.69 Å². The van der Waals surface area contributed by atoms with Crippen molar-refractivity contribution in [2.75, 3.05) is 13.7 Å². The van der Waals surface area contributed by atoms with Crippen molar-refractivity contribution < 1.29 is 14.3 Å². The lowest BCUT2D eigenvalue weighted by Gasteiger charge is -2.24. The van der Waals surface area contributed by atoms with Gasteiger partial charge in [-0.25, -0.2) is 9.48 Å². The highest BCUT2D eigenvalue weighted by Gasteiger charge is 2.23. The van der Waals surface area contributed by atoms with Gasteiger partial charge in [0.05, 0.1) is 16.7 Å². The second-order valence-electron chi connectivity index (χ2n) is 8.41. The Kier molecular flexibility index (Phi) is 7.86. The first kappa shape index (κ1) is 22.7. The first-order valence-corrected chi connectivity index (χ1v) is 13.0. The maximum atomic E-state index is 12.1. The van der Waals surface area contributed by atoms with E-state index in [0.717, 1.165) is 6.04 Å². The average molecular weight is 445 g/mol. The number of halogens is 1. The van der Waals surface area contributed by atoms with Crippen molar-refractivity contribution in [3.63, 3.8) is 0 Å². The molecule has 7 nitrogen and oxygen atoms in total. The summed E-state index contributed by atoms with van der Waals surface area (Å²) in [5.74, 6) is 0. The Morgan fingerprint density at radius 3 is 2.50 bits per heavy atom. The van der Waals surface area contributed by atoms with Gasteiger partial charge in [-0.05, 0) is 42.7 Å². The Morgan fingerprint density at radius 1 is 1.38 bits per heavy atom. The standard InChI is InChI=1S/C17H29BrN4O3Si/c1-17(2,3)25-16(23)21(4)11-13-15(18)14(10-19)22(20-13)12-24-8-9-26(5,6)7/h8-9,11-12H2,1-7H3. The normalized spacial score (nSPS) is 12.0. The van der Waals surface area contributed by atoms with Gasteiger partial charge in [0, 0.05) is 21.7 Å². The maximum absolute atomic E-state index is 12.1. The number of hydrogen-bond acceptors (Lipinski definition) is 5.